The molecule has 138 valence electrons. The van der Waals surface area contributed by atoms with Crippen molar-refractivity contribution in [2.75, 3.05) is 18.4 Å². The zero-order valence-electron chi connectivity index (χ0n) is 15.5. The number of carbonyl (C=O) groups excluding carboxylic acids is 2. The minimum atomic E-state index is -0.272. The van der Waals surface area contributed by atoms with E-state index in [9.17, 15) is 9.59 Å². The number of hydrogen-bond acceptors (Lipinski definition) is 2. The van der Waals surface area contributed by atoms with Gasteiger partial charge in [-0.1, -0.05) is 44.2 Å². The Hall–Kier alpha value is -2.82. The first-order chi connectivity index (χ1) is 12.6. The molecule has 0 atom stereocenters. The zero-order valence-corrected chi connectivity index (χ0v) is 15.5. The second-order valence-electron chi connectivity index (χ2n) is 6.16. The number of hydrogen-bond donors (Lipinski definition) is 2. The monoisotopic (exact) mass is 353 g/mol. The Morgan fingerprint density at radius 2 is 1.50 bits per heavy atom. The molecule has 2 N–H and O–H groups in total. The van der Waals surface area contributed by atoms with Gasteiger partial charge >= 0.3 is 6.03 Å². The van der Waals surface area contributed by atoms with Gasteiger partial charge in [0.1, 0.15) is 0 Å². The Morgan fingerprint density at radius 3 is 2.08 bits per heavy atom. The topological polar surface area (TPSA) is 61.4 Å². The van der Waals surface area contributed by atoms with Crippen LogP contribution in [0.25, 0.3) is 0 Å². The lowest BCUT2D eigenvalue weighted by Gasteiger charge is -2.21. The average molecular weight is 353 g/mol. The Morgan fingerprint density at radius 1 is 0.885 bits per heavy atom. The molecule has 2 rings (SSSR count). The zero-order chi connectivity index (χ0) is 18.8. The van der Waals surface area contributed by atoms with E-state index in [4.69, 9.17) is 0 Å². The summed E-state index contributed by atoms with van der Waals surface area (Å²) in [6.45, 7) is 6.11. The smallest absolute Gasteiger partial charge is 0.319 e. The molecular weight excluding hydrogens is 326 g/mol. The maximum Gasteiger partial charge on any atom is 0.319 e. The number of nitrogens with one attached hydrogen (secondary N) is 2. The largest absolute Gasteiger partial charge is 0.339 e. The van der Waals surface area contributed by atoms with Gasteiger partial charge in [-0.3, -0.25) is 4.79 Å². The summed E-state index contributed by atoms with van der Waals surface area (Å²) in [6.07, 6.45) is 1.87. The molecule has 0 saturated heterocycles. The van der Waals surface area contributed by atoms with Gasteiger partial charge in [-0.25, -0.2) is 4.79 Å². The highest BCUT2D eigenvalue weighted by Crippen LogP contribution is 2.12. The standard InChI is InChI=1S/C21H27N3O2/c1-3-14-24(15-4-2)20(25)18-10-12-19(13-11-18)23-21(26)22-16-17-8-6-5-7-9-17/h5-13H,3-4,14-16H2,1-2H3,(H2,22,23,26). The second kappa shape index (κ2) is 10.2. The van der Waals surface area contributed by atoms with Crippen molar-refractivity contribution in [2.45, 2.75) is 33.2 Å². The Labute approximate surface area is 155 Å². The fraction of sp³-hybridized carbons (Fsp3) is 0.333. The van der Waals surface area contributed by atoms with E-state index in [2.05, 4.69) is 24.5 Å². The first-order valence-electron chi connectivity index (χ1n) is 9.12. The molecule has 0 aliphatic heterocycles. The number of amides is 3. The van der Waals surface area contributed by atoms with Crippen LogP contribution in [0.15, 0.2) is 54.6 Å². The van der Waals surface area contributed by atoms with E-state index in [1.54, 1.807) is 24.3 Å². The summed E-state index contributed by atoms with van der Waals surface area (Å²) < 4.78 is 0. The lowest BCUT2D eigenvalue weighted by molar-refractivity contribution is 0.0755. The molecule has 0 unspecified atom stereocenters. The molecule has 0 aromatic heterocycles. The van der Waals surface area contributed by atoms with Crippen molar-refractivity contribution < 1.29 is 9.59 Å². The van der Waals surface area contributed by atoms with Crippen LogP contribution in [0.2, 0.25) is 0 Å². The number of nitrogens with zero attached hydrogens (tertiary/aromatic N) is 1. The van der Waals surface area contributed by atoms with Crippen LogP contribution in [0, 0.1) is 0 Å². The maximum atomic E-state index is 12.5. The maximum absolute atomic E-state index is 12.5. The number of rotatable bonds is 8. The van der Waals surface area contributed by atoms with Crippen LogP contribution in [0.1, 0.15) is 42.6 Å². The molecule has 0 fully saturated rings. The third kappa shape index (κ3) is 5.92. The first-order valence-corrected chi connectivity index (χ1v) is 9.12. The van der Waals surface area contributed by atoms with Crippen LogP contribution >= 0.6 is 0 Å². The third-order valence-electron chi connectivity index (χ3n) is 3.96. The van der Waals surface area contributed by atoms with Crippen LogP contribution < -0.4 is 10.6 Å². The molecule has 0 bridgehead atoms. The van der Waals surface area contributed by atoms with Gasteiger partial charge < -0.3 is 15.5 Å². The molecule has 0 saturated carbocycles. The molecule has 0 radical (unpaired) electrons. The van der Waals surface area contributed by atoms with Gasteiger partial charge in [-0.2, -0.15) is 0 Å². The van der Waals surface area contributed by atoms with Gasteiger partial charge in [0.2, 0.25) is 0 Å². The SMILES string of the molecule is CCCN(CCC)C(=O)c1ccc(NC(=O)NCc2ccccc2)cc1. The fourth-order valence-corrected chi connectivity index (χ4v) is 2.69. The van der Waals surface area contributed by atoms with E-state index >= 15 is 0 Å². The normalized spacial score (nSPS) is 10.2. The van der Waals surface area contributed by atoms with E-state index < -0.39 is 0 Å². The van der Waals surface area contributed by atoms with Crippen molar-refractivity contribution >= 4 is 17.6 Å². The van der Waals surface area contributed by atoms with E-state index in [0.717, 1.165) is 31.5 Å². The number of benzene rings is 2. The molecule has 2 aromatic rings. The highest BCUT2D eigenvalue weighted by molar-refractivity contribution is 5.95. The highest BCUT2D eigenvalue weighted by Gasteiger charge is 2.14. The average Bonchev–Trinajstić information content (AvgIpc) is 2.67. The number of urea groups is 1. The lowest BCUT2D eigenvalue weighted by Crippen LogP contribution is -2.32. The molecular formula is C21H27N3O2. The summed E-state index contributed by atoms with van der Waals surface area (Å²) in [4.78, 5) is 26.4. The molecule has 0 aliphatic carbocycles. The van der Waals surface area contributed by atoms with Crippen LogP contribution in [0.3, 0.4) is 0 Å². The molecule has 0 aliphatic rings. The van der Waals surface area contributed by atoms with Gasteiger partial charge in [0.05, 0.1) is 0 Å². The predicted octanol–water partition coefficient (Wildman–Crippen LogP) is 4.27. The van der Waals surface area contributed by atoms with E-state index in [1.165, 1.54) is 0 Å². The van der Waals surface area contributed by atoms with E-state index in [-0.39, 0.29) is 11.9 Å². The molecule has 5 nitrogen and oxygen atoms in total. The molecule has 26 heavy (non-hydrogen) atoms. The minimum absolute atomic E-state index is 0.0359. The molecule has 0 spiro atoms. The van der Waals surface area contributed by atoms with Crippen LogP contribution in [-0.2, 0) is 6.54 Å². The van der Waals surface area contributed by atoms with E-state index in [1.807, 2.05) is 35.2 Å². The Bertz CT molecular complexity index is 693. The van der Waals surface area contributed by atoms with Crippen molar-refractivity contribution in [1.82, 2.24) is 10.2 Å². The van der Waals surface area contributed by atoms with Crippen molar-refractivity contribution in [1.29, 1.82) is 0 Å². The van der Waals surface area contributed by atoms with Gasteiger partial charge in [0.25, 0.3) is 5.91 Å². The summed E-state index contributed by atoms with van der Waals surface area (Å²) in [5.41, 5.74) is 2.34. The fourth-order valence-electron chi connectivity index (χ4n) is 2.69. The summed E-state index contributed by atoms with van der Waals surface area (Å²) in [5.74, 6) is 0.0359. The van der Waals surface area contributed by atoms with Crippen molar-refractivity contribution in [3.05, 3.63) is 65.7 Å². The molecule has 2 aromatic carbocycles. The van der Waals surface area contributed by atoms with Gasteiger partial charge in [0, 0.05) is 30.9 Å². The molecule has 0 heterocycles. The van der Waals surface area contributed by atoms with Crippen LogP contribution in [0.5, 0.6) is 0 Å². The summed E-state index contributed by atoms with van der Waals surface area (Å²) in [6, 6.07) is 16.5. The number of anilines is 1. The van der Waals surface area contributed by atoms with Crippen molar-refractivity contribution in [2.24, 2.45) is 0 Å². The summed E-state index contributed by atoms with van der Waals surface area (Å²) in [5, 5.41) is 5.59. The van der Waals surface area contributed by atoms with Gasteiger partial charge in [-0.15, -0.1) is 0 Å². The van der Waals surface area contributed by atoms with Gasteiger partial charge in [-0.05, 0) is 42.7 Å². The summed E-state index contributed by atoms with van der Waals surface area (Å²) in [7, 11) is 0. The van der Waals surface area contributed by atoms with Crippen LogP contribution in [-0.4, -0.2) is 29.9 Å². The number of carbonyl (C=O) groups is 2. The predicted molar refractivity (Wildman–Crippen MR) is 105 cm³/mol. The Kier molecular flexibility index (Phi) is 7.68. The van der Waals surface area contributed by atoms with E-state index in [0.29, 0.717) is 17.8 Å². The van der Waals surface area contributed by atoms with Crippen molar-refractivity contribution in [3.63, 3.8) is 0 Å². The van der Waals surface area contributed by atoms with Crippen molar-refractivity contribution in [3.8, 4) is 0 Å². The van der Waals surface area contributed by atoms with Gasteiger partial charge in [0.15, 0.2) is 0 Å². The molecule has 3 amide bonds. The molecule has 5 heteroatoms. The third-order valence-corrected chi connectivity index (χ3v) is 3.96. The minimum Gasteiger partial charge on any atom is -0.339 e. The van der Waals surface area contributed by atoms with Crippen LogP contribution in [0.4, 0.5) is 10.5 Å². The quantitative estimate of drug-likeness (QED) is 0.744. The Balaban J connectivity index is 1.89. The second-order valence-corrected chi connectivity index (χ2v) is 6.16. The summed E-state index contributed by atoms with van der Waals surface area (Å²) >= 11 is 0. The highest BCUT2D eigenvalue weighted by atomic mass is 16.2. The first kappa shape index (κ1) is 19.5. The lowest BCUT2D eigenvalue weighted by atomic mass is 10.1.